The van der Waals surface area contributed by atoms with Crippen LogP contribution in [0, 0.1) is 6.92 Å². The average Bonchev–Trinajstić information content (AvgIpc) is 2.96. The van der Waals surface area contributed by atoms with Gasteiger partial charge in [0.25, 0.3) is 0 Å². The molecule has 0 fully saturated rings. The lowest BCUT2D eigenvalue weighted by molar-refractivity contribution is 0.266. The number of benzene rings is 1. The summed E-state index contributed by atoms with van der Waals surface area (Å²) in [6.07, 6.45) is 0. The summed E-state index contributed by atoms with van der Waals surface area (Å²) in [6.45, 7) is 7.49. The first kappa shape index (κ1) is 13.5. The van der Waals surface area contributed by atoms with Crippen LogP contribution in [-0.2, 0) is 26.2 Å². The van der Waals surface area contributed by atoms with E-state index >= 15 is 0 Å². The number of nitrogens with two attached hydrogens (primary N) is 1. The molecule has 1 aliphatic heterocycles. The van der Waals surface area contributed by atoms with E-state index in [0.717, 1.165) is 48.3 Å². The Kier molecular flexibility index (Phi) is 3.44. The normalized spacial score (nSPS) is 14.8. The highest BCUT2D eigenvalue weighted by Crippen LogP contribution is 2.30. The van der Waals surface area contributed by atoms with Gasteiger partial charge in [-0.25, -0.2) is 0 Å². The summed E-state index contributed by atoms with van der Waals surface area (Å²) in [6, 6.07) is 6.14. The third-order valence-corrected chi connectivity index (χ3v) is 4.40. The first-order valence-electron chi connectivity index (χ1n) is 6.90. The molecule has 1 aliphatic rings. The van der Waals surface area contributed by atoms with Crippen LogP contribution < -0.4 is 5.73 Å². The summed E-state index contributed by atoms with van der Waals surface area (Å²) < 4.78 is 1.99. The van der Waals surface area contributed by atoms with Gasteiger partial charge in [0.1, 0.15) is 0 Å². The molecule has 1 aromatic heterocycles. The van der Waals surface area contributed by atoms with Gasteiger partial charge in [-0.3, -0.25) is 9.58 Å². The molecule has 0 spiro atoms. The monoisotopic (exact) mass is 290 g/mol. The van der Waals surface area contributed by atoms with Gasteiger partial charge in [0.2, 0.25) is 0 Å². The quantitative estimate of drug-likeness (QED) is 0.884. The lowest BCUT2D eigenvalue weighted by Gasteiger charge is -2.16. The van der Waals surface area contributed by atoms with E-state index in [0.29, 0.717) is 0 Å². The Morgan fingerprint density at radius 1 is 1.35 bits per heavy atom. The van der Waals surface area contributed by atoms with Crippen molar-refractivity contribution in [3.8, 4) is 0 Å². The van der Waals surface area contributed by atoms with Crippen LogP contribution >= 0.6 is 11.6 Å². The van der Waals surface area contributed by atoms with Crippen molar-refractivity contribution in [3.63, 3.8) is 0 Å². The Balaban J connectivity index is 1.83. The van der Waals surface area contributed by atoms with E-state index < -0.39 is 0 Å². The minimum absolute atomic E-state index is 0.788. The number of aryl methyl sites for hydroxylation is 2. The summed E-state index contributed by atoms with van der Waals surface area (Å²) in [5.74, 6) is 0. The van der Waals surface area contributed by atoms with Crippen molar-refractivity contribution in [2.45, 2.75) is 40.0 Å². The predicted molar refractivity (Wildman–Crippen MR) is 81.5 cm³/mol. The molecule has 0 radical (unpaired) electrons. The first-order chi connectivity index (χ1) is 9.60. The number of aromatic nitrogens is 2. The number of nitrogen functional groups attached to an aromatic ring is 1. The van der Waals surface area contributed by atoms with Crippen LogP contribution in [0.25, 0.3) is 0 Å². The molecule has 0 saturated heterocycles. The molecule has 0 aliphatic carbocycles. The van der Waals surface area contributed by atoms with Gasteiger partial charge >= 0.3 is 0 Å². The smallest absolute Gasteiger partial charge is 0.0860 e. The van der Waals surface area contributed by atoms with Gasteiger partial charge in [0.15, 0.2) is 0 Å². The van der Waals surface area contributed by atoms with Gasteiger partial charge in [-0.05, 0) is 31.0 Å². The van der Waals surface area contributed by atoms with Crippen molar-refractivity contribution < 1.29 is 0 Å². The lowest BCUT2D eigenvalue weighted by atomic mass is 10.1. The van der Waals surface area contributed by atoms with E-state index in [4.69, 9.17) is 17.3 Å². The van der Waals surface area contributed by atoms with Crippen molar-refractivity contribution in [3.05, 3.63) is 45.7 Å². The summed E-state index contributed by atoms with van der Waals surface area (Å²) in [5, 5.41) is 5.26. The Morgan fingerprint density at radius 2 is 2.15 bits per heavy atom. The molecule has 3 rings (SSSR count). The van der Waals surface area contributed by atoms with E-state index in [1.165, 1.54) is 11.1 Å². The van der Waals surface area contributed by atoms with E-state index in [-0.39, 0.29) is 0 Å². The molecular formula is C15H19ClN4. The number of hydrogen-bond acceptors (Lipinski definition) is 3. The zero-order valence-corrected chi connectivity index (χ0v) is 12.6. The summed E-state index contributed by atoms with van der Waals surface area (Å²) in [5.41, 5.74) is 11.5. The highest BCUT2D eigenvalue weighted by molar-refractivity contribution is 6.31. The van der Waals surface area contributed by atoms with Crippen LogP contribution in [0.2, 0.25) is 5.02 Å². The first-order valence-corrected chi connectivity index (χ1v) is 7.28. The fourth-order valence-electron chi connectivity index (χ4n) is 2.86. The third kappa shape index (κ3) is 2.19. The van der Waals surface area contributed by atoms with E-state index in [1.807, 2.05) is 23.7 Å². The second-order valence-corrected chi connectivity index (χ2v) is 5.67. The molecule has 0 unspecified atom stereocenters. The topological polar surface area (TPSA) is 47.1 Å². The van der Waals surface area contributed by atoms with Crippen molar-refractivity contribution in [2.24, 2.45) is 0 Å². The van der Waals surface area contributed by atoms with Crippen molar-refractivity contribution >= 4 is 17.3 Å². The number of hydrogen-bond donors (Lipinski definition) is 1. The highest BCUT2D eigenvalue weighted by Gasteiger charge is 2.23. The molecular weight excluding hydrogens is 272 g/mol. The minimum atomic E-state index is 0.788. The summed E-state index contributed by atoms with van der Waals surface area (Å²) >= 11 is 6.38. The van der Waals surface area contributed by atoms with Gasteiger partial charge in [-0.1, -0.05) is 23.7 Å². The second kappa shape index (κ2) is 5.11. The van der Waals surface area contributed by atoms with Crippen LogP contribution in [-0.4, -0.2) is 14.7 Å². The van der Waals surface area contributed by atoms with Crippen LogP contribution in [0.4, 0.5) is 5.69 Å². The Bertz CT molecular complexity index is 648. The van der Waals surface area contributed by atoms with Crippen LogP contribution in [0.1, 0.15) is 29.4 Å². The maximum atomic E-state index is 6.38. The summed E-state index contributed by atoms with van der Waals surface area (Å²) in [4.78, 5) is 2.36. The molecule has 4 nitrogen and oxygen atoms in total. The fraction of sp³-hybridized carbons (Fsp3) is 0.400. The van der Waals surface area contributed by atoms with Crippen LogP contribution in [0.5, 0.6) is 0 Å². The molecule has 20 heavy (non-hydrogen) atoms. The van der Waals surface area contributed by atoms with Gasteiger partial charge < -0.3 is 5.73 Å². The molecule has 2 aromatic rings. The molecule has 2 N–H and O–H groups in total. The SMILES string of the molecule is CCn1nc(C)c(Cl)c1CN1Cc2cccc(N)c2C1. The number of nitrogens with zero attached hydrogens (tertiary/aromatic N) is 3. The largest absolute Gasteiger partial charge is 0.398 e. The standard InChI is InChI=1S/C15H19ClN4/c1-3-20-14(15(16)10(2)18-20)9-19-7-11-5-4-6-13(17)12(11)8-19/h4-6H,3,7-9,17H2,1-2H3. The van der Waals surface area contributed by atoms with Gasteiger partial charge in [0.05, 0.1) is 16.4 Å². The lowest BCUT2D eigenvalue weighted by Crippen LogP contribution is -2.19. The highest BCUT2D eigenvalue weighted by atomic mass is 35.5. The third-order valence-electron chi connectivity index (χ3n) is 3.91. The van der Waals surface area contributed by atoms with Crippen molar-refractivity contribution in [1.82, 2.24) is 14.7 Å². The molecule has 0 bridgehead atoms. The Labute approximate surface area is 124 Å². The van der Waals surface area contributed by atoms with Gasteiger partial charge in [-0.2, -0.15) is 5.10 Å². The number of anilines is 1. The number of rotatable bonds is 3. The number of fused-ring (bicyclic) bond motifs is 1. The predicted octanol–water partition coefficient (Wildman–Crippen LogP) is 2.96. The molecule has 0 amide bonds. The Morgan fingerprint density at radius 3 is 2.85 bits per heavy atom. The van der Waals surface area contributed by atoms with Crippen molar-refractivity contribution in [1.29, 1.82) is 0 Å². The molecule has 0 atom stereocenters. The Hall–Kier alpha value is -1.52. The van der Waals surface area contributed by atoms with Crippen molar-refractivity contribution in [2.75, 3.05) is 5.73 Å². The second-order valence-electron chi connectivity index (χ2n) is 5.29. The molecule has 1 aromatic carbocycles. The van der Waals surface area contributed by atoms with Crippen LogP contribution in [0.15, 0.2) is 18.2 Å². The fourth-order valence-corrected chi connectivity index (χ4v) is 3.05. The van der Waals surface area contributed by atoms with Crippen LogP contribution in [0.3, 0.4) is 0 Å². The van der Waals surface area contributed by atoms with E-state index in [1.54, 1.807) is 0 Å². The van der Waals surface area contributed by atoms with E-state index in [2.05, 4.69) is 23.0 Å². The zero-order chi connectivity index (χ0) is 14.3. The molecule has 106 valence electrons. The molecule has 5 heteroatoms. The van der Waals surface area contributed by atoms with Gasteiger partial charge in [0, 0.05) is 31.9 Å². The minimum Gasteiger partial charge on any atom is -0.398 e. The zero-order valence-electron chi connectivity index (χ0n) is 11.9. The average molecular weight is 291 g/mol. The summed E-state index contributed by atoms with van der Waals surface area (Å²) in [7, 11) is 0. The number of halogens is 1. The maximum absolute atomic E-state index is 6.38. The molecule has 2 heterocycles. The van der Waals surface area contributed by atoms with Gasteiger partial charge in [-0.15, -0.1) is 0 Å². The maximum Gasteiger partial charge on any atom is 0.0860 e. The van der Waals surface area contributed by atoms with E-state index in [9.17, 15) is 0 Å². The molecule has 0 saturated carbocycles.